The van der Waals surface area contributed by atoms with Gasteiger partial charge in [0.25, 0.3) is 11.4 Å². The molecule has 3 aromatic carbocycles. The third kappa shape index (κ3) is 10.9. The number of nitrogen functional groups attached to an aromatic ring is 2. The summed E-state index contributed by atoms with van der Waals surface area (Å²) in [6.07, 6.45) is 0. The maximum atomic E-state index is 10.3. The number of nitro groups is 2. The van der Waals surface area contributed by atoms with Crippen LogP contribution in [-0.4, -0.2) is 19.6 Å². The van der Waals surface area contributed by atoms with E-state index in [9.17, 15) is 24.8 Å². The van der Waals surface area contributed by atoms with Gasteiger partial charge in [-0.3, -0.25) is 30.0 Å². The molecular weight excluding hydrogens is 431 g/mol. The summed E-state index contributed by atoms with van der Waals surface area (Å²) in [5.41, 5.74) is 11.8. The number of phosphoric ester groups is 1. The lowest BCUT2D eigenvalue weighted by atomic mass is 10.3. The van der Waals surface area contributed by atoms with Crippen LogP contribution in [0.5, 0.6) is 5.75 Å². The van der Waals surface area contributed by atoms with Crippen LogP contribution in [0.1, 0.15) is 0 Å². The van der Waals surface area contributed by atoms with Crippen molar-refractivity contribution in [2.24, 2.45) is 0 Å². The van der Waals surface area contributed by atoms with Gasteiger partial charge in [-0.05, 0) is 36.4 Å². The van der Waals surface area contributed by atoms with Gasteiger partial charge in [0.2, 0.25) is 0 Å². The van der Waals surface area contributed by atoms with Gasteiger partial charge in [-0.25, -0.2) is 4.57 Å². The van der Waals surface area contributed by atoms with Crippen molar-refractivity contribution in [2.45, 2.75) is 0 Å². The topological polar surface area (TPSA) is 205 Å². The Bertz CT molecular complexity index is 969. The maximum absolute atomic E-state index is 10.3. The van der Waals surface area contributed by atoms with E-state index in [-0.39, 0.29) is 17.1 Å². The Balaban J connectivity index is 0.000000233. The minimum absolute atomic E-state index is 0.0641. The molecule has 0 spiro atoms. The van der Waals surface area contributed by atoms with E-state index in [1.165, 1.54) is 60.7 Å². The van der Waals surface area contributed by atoms with Crippen LogP contribution in [0.4, 0.5) is 22.7 Å². The fraction of sp³-hybridized carbons (Fsp3) is 0. The van der Waals surface area contributed by atoms with Gasteiger partial charge in [0, 0.05) is 35.6 Å². The molecule has 0 amide bonds. The first-order valence-electron chi connectivity index (χ1n) is 8.28. The summed E-state index contributed by atoms with van der Waals surface area (Å²) >= 11 is 0. The lowest BCUT2D eigenvalue weighted by molar-refractivity contribution is -0.385. The minimum Gasteiger partial charge on any atom is -0.404 e. The highest BCUT2D eigenvalue weighted by atomic mass is 31.2. The number of hydrogen-bond acceptors (Lipinski definition) is 8. The number of nitrogens with two attached hydrogens (primary N) is 2. The number of benzene rings is 3. The van der Waals surface area contributed by atoms with E-state index < -0.39 is 17.7 Å². The molecule has 0 aliphatic rings. The lowest BCUT2D eigenvalue weighted by Crippen LogP contribution is -1.88. The molecule has 0 radical (unpaired) electrons. The molecule has 0 unspecified atom stereocenters. The zero-order valence-electron chi connectivity index (χ0n) is 15.8. The number of anilines is 2. The third-order valence-corrected chi connectivity index (χ3v) is 3.62. The summed E-state index contributed by atoms with van der Waals surface area (Å²) < 4.78 is 14.5. The second-order valence-electron chi connectivity index (χ2n) is 5.59. The largest absolute Gasteiger partial charge is 0.524 e. The summed E-state index contributed by atoms with van der Waals surface area (Å²) in [4.78, 5) is 36.0. The van der Waals surface area contributed by atoms with E-state index in [2.05, 4.69) is 4.52 Å². The van der Waals surface area contributed by atoms with Crippen molar-refractivity contribution in [3.05, 3.63) is 99.1 Å². The molecule has 0 atom stereocenters. The van der Waals surface area contributed by atoms with Crippen LogP contribution in [0.25, 0.3) is 0 Å². The third-order valence-electron chi connectivity index (χ3n) is 3.18. The molecule has 3 aromatic rings. The number of nitro benzene ring substituents is 2. The fourth-order valence-electron chi connectivity index (χ4n) is 1.81. The molecule has 0 bridgehead atoms. The highest BCUT2D eigenvalue weighted by Gasteiger charge is 2.14. The predicted octanol–water partition coefficient (Wildman–Crippen LogP) is 3.51. The minimum atomic E-state index is -4.39. The maximum Gasteiger partial charge on any atom is 0.524 e. The van der Waals surface area contributed by atoms with E-state index in [1.807, 2.05) is 0 Å². The Labute approximate surface area is 176 Å². The number of nitrogens with zero attached hydrogens (tertiary/aromatic N) is 2. The average Bonchev–Trinajstić information content (AvgIpc) is 2.69. The Hall–Kier alpha value is -3.99. The summed E-state index contributed by atoms with van der Waals surface area (Å²) in [6.45, 7) is 0. The highest BCUT2D eigenvalue weighted by molar-refractivity contribution is 7.46. The Morgan fingerprint density at radius 2 is 1.06 bits per heavy atom. The van der Waals surface area contributed by atoms with Crippen LogP contribution >= 0.6 is 7.82 Å². The molecule has 0 heterocycles. The van der Waals surface area contributed by atoms with Gasteiger partial charge in [0.1, 0.15) is 5.75 Å². The van der Waals surface area contributed by atoms with Gasteiger partial charge in [0.05, 0.1) is 9.85 Å². The first-order chi connectivity index (χ1) is 14.5. The van der Waals surface area contributed by atoms with Crippen LogP contribution in [0.2, 0.25) is 0 Å². The Morgan fingerprint density at radius 1 is 0.710 bits per heavy atom. The SMILES string of the molecule is Nc1ccc([N+](=O)[O-])cc1.Nc1ccc([N+](=O)[O-])cc1.O=P(O)(O)Oc1ccccc1. The van der Waals surface area contributed by atoms with Crippen molar-refractivity contribution in [1.82, 2.24) is 0 Å². The van der Waals surface area contributed by atoms with Crippen LogP contribution in [0.15, 0.2) is 78.9 Å². The summed E-state index contributed by atoms with van der Waals surface area (Å²) in [5.74, 6) is 0.167. The van der Waals surface area contributed by atoms with E-state index >= 15 is 0 Å². The first-order valence-corrected chi connectivity index (χ1v) is 9.81. The van der Waals surface area contributed by atoms with Crippen molar-refractivity contribution in [2.75, 3.05) is 11.5 Å². The molecule has 0 fully saturated rings. The van der Waals surface area contributed by atoms with Crippen molar-refractivity contribution >= 4 is 30.6 Å². The molecule has 0 aromatic heterocycles. The number of non-ortho nitro benzene ring substituents is 2. The normalized spacial score (nSPS) is 9.87. The predicted molar refractivity (Wildman–Crippen MR) is 114 cm³/mol. The number of rotatable bonds is 4. The molecule has 0 saturated heterocycles. The van der Waals surface area contributed by atoms with Gasteiger partial charge in [0.15, 0.2) is 0 Å². The average molecular weight is 450 g/mol. The van der Waals surface area contributed by atoms with Crippen LogP contribution in [0, 0.1) is 20.2 Å². The van der Waals surface area contributed by atoms with Crippen molar-refractivity contribution in [3.63, 3.8) is 0 Å². The monoisotopic (exact) mass is 450 g/mol. The second-order valence-corrected chi connectivity index (χ2v) is 6.76. The summed E-state index contributed by atoms with van der Waals surface area (Å²) in [6, 6.07) is 19.4. The van der Waals surface area contributed by atoms with Gasteiger partial charge >= 0.3 is 7.82 Å². The van der Waals surface area contributed by atoms with E-state index in [0.717, 1.165) is 0 Å². The van der Waals surface area contributed by atoms with E-state index in [1.54, 1.807) is 18.2 Å². The first kappa shape index (κ1) is 25.0. The lowest BCUT2D eigenvalue weighted by Gasteiger charge is -2.04. The van der Waals surface area contributed by atoms with E-state index in [4.69, 9.17) is 21.3 Å². The zero-order chi connectivity index (χ0) is 23.4. The number of phosphoric acid groups is 1. The molecular formula is C18H19N4O8P. The molecule has 3 rings (SSSR count). The van der Waals surface area contributed by atoms with Gasteiger partial charge in [-0.1, -0.05) is 18.2 Å². The molecule has 13 heteroatoms. The molecule has 0 aliphatic carbocycles. The summed E-state index contributed by atoms with van der Waals surface area (Å²) in [7, 11) is -4.39. The molecule has 12 nitrogen and oxygen atoms in total. The van der Waals surface area contributed by atoms with Crippen molar-refractivity contribution in [1.29, 1.82) is 0 Å². The van der Waals surface area contributed by atoms with Gasteiger partial charge in [-0.15, -0.1) is 0 Å². The molecule has 0 aliphatic heterocycles. The van der Waals surface area contributed by atoms with Crippen LogP contribution in [0.3, 0.4) is 0 Å². The fourth-order valence-corrected chi connectivity index (χ4v) is 2.21. The molecule has 31 heavy (non-hydrogen) atoms. The van der Waals surface area contributed by atoms with Gasteiger partial charge < -0.3 is 16.0 Å². The molecule has 6 N–H and O–H groups in total. The Kier molecular flexibility index (Phi) is 9.60. The second kappa shape index (κ2) is 11.9. The quantitative estimate of drug-likeness (QED) is 0.197. The highest BCUT2D eigenvalue weighted by Crippen LogP contribution is 2.36. The molecule has 164 valence electrons. The van der Waals surface area contributed by atoms with E-state index in [0.29, 0.717) is 11.4 Å². The zero-order valence-corrected chi connectivity index (χ0v) is 16.7. The smallest absolute Gasteiger partial charge is 0.404 e. The van der Waals surface area contributed by atoms with Crippen molar-refractivity contribution < 1.29 is 28.7 Å². The van der Waals surface area contributed by atoms with Gasteiger partial charge in [-0.2, -0.15) is 0 Å². The molecule has 0 saturated carbocycles. The standard InChI is InChI=1S/2C6H6N2O2.C6H7O4P/c2*7-5-1-3-6(4-2-5)8(9)10;7-11(8,9)10-6-4-2-1-3-5-6/h2*1-4H,7H2;1-5H,(H2,7,8,9). The summed E-state index contributed by atoms with van der Waals surface area (Å²) in [5, 5.41) is 20.2. The number of hydrogen-bond donors (Lipinski definition) is 4. The number of para-hydroxylation sites is 1. The van der Waals surface area contributed by atoms with Crippen LogP contribution < -0.4 is 16.0 Å². The van der Waals surface area contributed by atoms with Crippen LogP contribution in [-0.2, 0) is 4.57 Å². The Morgan fingerprint density at radius 3 is 1.35 bits per heavy atom. The van der Waals surface area contributed by atoms with Crippen molar-refractivity contribution in [3.8, 4) is 5.75 Å².